The number of hydrogen-bond acceptors (Lipinski definition) is 3. The van der Waals surface area contributed by atoms with Crippen molar-refractivity contribution in [1.29, 1.82) is 0 Å². The Balaban J connectivity index is 3.13. The van der Waals surface area contributed by atoms with E-state index in [9.17, 15) is 9.59 Å². The Morgan fingerprint density at radius 1 is 1.16 bits per heavy atom. The molecule has 0 saturated carbocycles. The van der Waals surface area contributed by atoms with E-state index in [-0.39, 0.29) is 11.9 Å². The second-order valence-electron chi connectivity index (χ2n) is 3.87. The maximum absolute atomic E-state index is 12.3. The summed E-state index contributed by atoms with van der Waals surface area (Å²) in [7, 11) is 0. The molecule has 0 bridgehead atoms. The van der Waals surface area contributed by atoms with Crippen molar-refractivity contribution in [3.63, 3.8) is 0 Å². The molecule has 0 spiro atoms. The first-order valence-corrected chi connectivity index (χ1v) is 7.39. The maximum Gasteiger partial charge on any atom is 0.339 e. The molecule has 5 heteroatoms. The molecule has 0 N–H and O–H groups in total. The van der Waals surface area contributed by atoms with Gasteiger partial charge in [-0.25, -0.2) is 4.79 Å². The van der Waals surface area contributed by atoms with E-state index >= 15 is 0 Å². The van der Waals surface area contributed by atoms with E-state index in [4.69, 9.17) is 4.74 Å². The maximum atomic E-state index is 12.3. The van der Waals surface area contributed by atoms with Gasteiger partial charge in [0.15, 0.2) is 0 Å². The normalized spacial score (nSPS) is 10.1. The zero-order valence-electron chi connectivity index (χ0n) is 11.4. The molecule has 0 unspecified atom stereocenters. The first-order valence-electron chi connectivity index (χ1n) is 6.31. The average molecular weight is 375 g/mol. The van der Waals surface area contributed by atoms with Gasteiger partial charge in [0, 0.05) is 16.7 Å². The van der Waals surface area contributed by atoms with Crippen LogP contribution >= 0.6 is 22.6 Å². The fraction of sp³-hybridized carbons (Fsp3) is 0.429. The minimum atomic E-state index is -0.388. The summed E-state index contributed by atoms with van der Waals surface area (Å²) in [5.74, 6) is -0.443. The highest BCUT2D eigenvalue weighted by Gasteiger charge is 2.20. The number of nitrogens with zero attached hydrogens (tertiary/aromatic N) is 1. The van der Waals surface area contributed by atoms with Crippen molar-refractivity contribution in [3.05, 3.63) is 32.9 Å². The van der Waals surface area contributed by atoms with E-state index in [2.05, 4.69) is 0 Å². The van der Waals surface area contributed by atoms with Gasteiger partial charge in [-0.2, -0.15) is 0 Å². The van der Waals surface area contributed by atoms with Crippen LogP contribution in [0, 0.1) is 3.57 Å². The topological polar surface area (TPSA) is 46.6 Å². The van der Waals surface area contributed by atoms with Crippen LogP contribution in [0.5, 0.6) is 0 Å². The van der Waals surface area contributed by atoms with Crippen LogP contribution in [-0.2, 0) is 4.74 Å². The number of carbonyl (C=O) groups excluding carboxylic acids is 2. The van der Waals surface area contributed by atoms with Crippen LogP contribution in [0.1, 0.15) is 41.5 Å². The number of benzene rings is 1. The van der Waals surface area contributed by atoms with Crippen LogP contribution in [0.15, 0.2) is 18.2 Å². The fourth-order valence-corrected chi connectivity index (χ4v) is 2.56. The van der Waals surface area contributed by atoms with Gasteiger partial charge in [-0.15, -0.1) is 0 Å². The lowest BCUT2D eigenvalue weighted by Crippen LogP contribution is -2.31. The number of hydrogen-bond donors (Lipinski definition) is 0. The van der Waals surface area contributed by atoms with Gasteiger partial charge < -0.3 is 9.64 Å². The summed E-state index contributed by atoms with van der Waals surface area (Å²) < 4.78 is 5.64. The molecule has 4 nitrogen and oxygen atoms in total. The van der Waals surface area contributed by atoms with Crippen molar-refractivity contribution < 1.29 is 14.3 Å². The summed E-state index contributed by atoms with van der Waals surface area (Å²) in [5.41, 5.74) is 0.996. The molecule has 0 saturated heterocycles. The third kappa shape index (κ3) is 3.68. The number of rotatable bonds is 5. The quantitative estimate of drug-likeness (QED) is 0.587. The first kappa shape index (κ1) is 15.9. The first-order chi connectivity index (χ1) is 9.06. The Labute approximate surface area is 127 Å². The van der Waals surface area contributed by atoms with E-state index in [0.29, 0.717) is 34.4 Å². The summed E-state index contributed by atoms with van der Waals surface area (Å²) in [6, 6.07) is 5.13. The smallest absolute Gasteiger partial charge is 0.339 e. The Morgan fingerprint density at radius 2 is 1.74 bits per heavy atom. The third-order valence-corrected chi connectivity index (χ3v) is 3.94. The molecular formula is C14H18INO3. The Kier molecular flexibility index (Phi) is 6.27. The van der Waals surface area contributed by atoms with Crippen molar-refractivity contribution in [3.8, 4) is 0 Å². The third-order valence-electron chi connectivity index (χ3n) is 2.78. The molecule has 104 valence electrons. The number of ether oxygens (including phenoxy) is 1. The van der Waals surface area contributed by atoms with Gasteiger partial charge in [-0.05, 0) is 55.5 Å². The van der Waals surface area contributed by atoms with Crippen LogP contribution in [0.3, 0.4) is 0 Å². The lowest BCUT2D eigenvalue weighted by atomic mass is 10.1. The van der Waals surface area contributed by atoms with Crippen LogP contribution in [0.4, 0.5) is 0 Å². The van der Waals surface area contributed by atoms with E-state index in [1.165, 1.54) is 0 Å². The highest BCUT2D eigenvalue weighted by Crippen LogP contribution is 2.20. The van der Waals surface area contributed by atoms with Gasteiger partial charge in [0.05, 0.1) is 17.7 Å². The van der Waals surface area contributed by atoms with Gasteiger partial charge >= 0.3 is 5.97 Å². The summed E-state index contributed by atoms with van der Waals surface area (Å²) in [4.78, 5) is 25.9. The van der Waals surface area contributed by atoms with Gasteiger partial charge in [0.2, 0.25) is 0 Å². The van der Waals surface area contributed by atoms with Gasteiger partial charge in [-0.1, -0.05) is 6.07 Å². The van der Waals surface area contributed by atoms with Gasteiger partial charge in [0.25, 0.3) is 5.91 Å². The zero-order chi connectivity index (χ0) is 14.4. The van der Waals surface area contributed by atoms with Crippen LogP contribution in [0.2, 0.25) is 0 Å². The minimum absolute atomic E-state index is 0.0550. The lowest BCUT2D eigenvalue weighted by Gasteiger charge is -2.20. The van der Waals surface area contributed by atoms with Crippen molar-refractivity contribution in [2.45, 2.75) is 20.8 Å². The Hall–Kier alpha value is -1.11. The largest absolute Gasteiger partial charge is 0.462 e. The summed E-state index contributed by atoms with van der Waals surface area (Å²) in [5, 5.41) is 0. The molecule has 1 aromatic rings. The molecule has 0 heterocycles. The lowest BCUT2D eigenvalue weighted by molar-refractivity contribution is 0.0525. The fourth-order valence-electron chi connectivity index (χ4n) is 1.74. The second-order valence-corrected chi connectivity index (χ2v) is 4.94. The average Bonchev–Trinajstić information content (AvgIpc) is 2.40. The summed E-state index contributed by atoms with van der Waals surface area (Å²) in [6.07, 6.45) is 0. The van der Waals surface area contributed by atoms with E-state index in [1.807, 2.05) is 36.4 Å². The van der Waals surface area contributed by atoms with E-state index in [1.54, 1.807) is 30.0 Å². The highest BCUT2D eigenvalue weighted by atomic mass is 127. The molecule has 1 rings (SSSR count). The minimum Gasteiger partial charge on any atom is -0.462 e. The molecule has 0 atom stereocenters. The molecule has 0 aromatic heterocycles. The van der Waals surface area contributed by atoms with Gasteiger partial charge in [0.1, 0.15) is 0 Å². The highest BCUT2D eigenvalue weighted by molar-refractivity contribution is 14.1. The molecule has 1 aromatic carbocycles. The van der Waals surface area contributed by atoms with E-state index < -0.39 is 0 Å². The predicted molar refractivity (Wildman–Crippen MR) is 82.4 cm³/mol. The van der Waals surface area contributed by atoms with Crippen LogP contribution in [0.25, 0.3) is 0 Å². The van der Waals surface area contributed by atoms with Crippen molar-refractivity contribution in [1.82, 2.24) is 4.90 Å². The molecular weight excluding hydrogens is 357 g/mol. The molecule has 0 aliphatic rings. The molecule has 0 radical (unpaired) electrons. The Bertz CT molecular complexity index is 470. The summed E-state index contributed by atoms with van der Waals surface area (Å²) in [6.45, 7) is 7.25. The Morgan fingerprint density at radius 3 is 2.26 bits per heavy atom. The SMILES string of the molecule is CCOC(=O)c1cccc(C(=O)N(CC)CC)c1I. The number of esters is 1. The molecule has 19 heavy (non-hydrogen) atoms. The monoisotopic (exact) mass is 375 g/mol. The molecule has 0 fully saturated rings. The van der Waals surface area contributed by atoms with Crippen LogP contribution in [-0.4, -0.2) is 36.5 Å². The number of halogens is 1. The van der Waals surface area contributed by atoms with Crippen molar-refractivity contribution >= 4 is 34.5 Å². The van der Waals surface area contributed by atoms with E-state index in [0.717, 1.165) is 0 Å². The molecule has 0 aliphatic heterocycles. The predicted octanol–water partition coefficient (Wildman–Crippen LogP) is 2.95. The van der Waals surface area contributed by atoms with Crippen molar-refractivity contribution in [2.24, 2.45) is 0 Å². The van der Waals surface area contributed by atoms with Crippen LogP contribution < -0.4 is 0 Å². The summed E-state index contributed by atoms with van der Waals surface area (Å²) >= 11 is 2.03. The molecule has 0 aliphatic carbocycles. The standard InChI is InChI=1S/C14H18INO3/c1-4-16(5-2)13(17)10-8-7-9-11(12(10)15)14(18)19-6-3/h7-9H,4-6H2,1-3H3. The zero-order valence-corrected chi connectivity index (χ0v) is 13.6. The van der Waals surface area contributed by atoms with Crippen molar-refractivity contribution in [2.75, 3.05) is 19.7 Å². The van der Waals surface area contributed by atoms with Gasteiger partial charge in [-0.3, -0.25) is 4.79 Å². The number of carbonyl (C=O) groups is 2. The second kappa shape index (κ2) is 7.47. The number of amides is 1. The molecule has 1 amide bonds.